The molecule has 0 saturated carbocycles. The lowest BCUT2D eigenvalue weighted by Crippen LogP contribution is -1.94. The molecule has 0 bridgehead atoms. The molecule has 0 fully saturated rings. The molecule has 170 valence electrons. The third kappa shape index (κ3) is 3.97. The summed E-state index contributed by atoms with van der Waals surface area (Å²) in [6, 6.07) is 17.7. The Morgan fingerprint density at radius 2 is 1.15 bits per heavy atom. The smallest absolute Gasteiger partial charge is 0.119 e. The Labute approximate surface area is 195 Å². The number of phenols is 5. The minimum absolute atomic E-state index is 0.00385. The molecule has 2 aliphatic rings. The van der Waals surface area contributed by atoms with Crippen molar-refractivity contribution < 1.29 is 29.9 Å². The van der Waals surface area contributed by atoms with Gasteiger partial charge in [0.15, 0.2) is 0 Å². The molecule has 5 N–H and O–H groups in total. The zero-order valence-electron chi connectivity index (χ0n) is 18.1. The van der Waals surface area contributed by atoms with E-state index >= 15 is 0 Å². The van der Waals surface area contributed by atoms with Gasteiger partial charge in [0.25, 0.3) is 0 Å². The zero-order chi connectivity index (χ0) is 23.8. The maximum absolute atomic E-state index is 10.2. The van der Waals surface area contributed by atoms with Crippen molar-refractivity contribution in [2.24, 2.45) is 0 Å². The van der Waals surface area contributed by atoms with E-state index in [0.717, 1.165) is 38.9 Å². The molecule has 0 saturated heterocycles. The summed E-state index contributed by atoms with van der Waals surface area (Å²) >= 11 is 0. The molecule has 34 heavy (non-hydrogen) atoms. The fourth-order valence-corrected chi connectivity index (χ4v) is 4.56. The van der Waals surface area contributed by atoms with Gasteiger partial charge in [-0.1, -0.05) is 12.1 Å². The van der Waals surface area contributed by atoms with Crippen molar-refractivity contribution in [3.05, 3.63) is 90.4 Å². The average Bonchev–Trinajstić information content (AvgIpc) is 3.11. The normalized spacial score (nSPS) is 11.2. The highest BCUT2D eigenvalue weighted by molar-refractivity contribution is 6.02. The van der Waals surface area contributed by atoms with Crippen LogP contribution in [0.15, 0.2) is 83.7 Å². The van der Waals surface area contributed by atoms with Gasteiger partial charge >= 0.3 is 0 Å². The van der Waals surface area contributed by atoms with Crippen LogP contribution in [0.5, 0.6) is 28.7 Å². The molecule has 0 radical (unpaired) electrons. The average molecular weight is 454 g/mol. The zero-order valence-corrected chi connectivity index (χ0v) is 18.1. The predicted octanol–water partition coefficient (Wildman–Crippen LogP) is 6.03. The lowest BCUT2D eigenvalue weighted by molar-refractivity contribution is 0.448. The Kier molecular flexibility index (Phi) is 5.26. The first-order valence-corrected chi connectivity index (χ1v) is 10.7. The topological polar surface area (TPSA) is 114 Å². The van der Waals surface area contributed by atoms with Gasteiger partial charge in [0.05, 0.1) is 12.5 Å². The molecule has 5 rings (SSSR count). The molecule has 1 aliphatic carbocycles. The number of aryl methyl sites for hydroxylation is 1. The van der Waals surface area contributed by atoms with E-state index in [2.05, 4.69) is 0 Å². The van der Waals surface area contributed by atoms with Gasteiger partial charge in [-0.05, 0) is 88.7 Å². The van der Waals surface area contributed by atoms with Crippen LogP contribution in [0.2, 0.25) is 0 Å². The highest BCUT2D eigenvalue weighted by atomic mass is 16.3. The van der Waals surface area contributed by atoms with Gasteiger partial charge in [0.2, 0.25) is 0 Å². The number of aromatic hydroxyl groups is 5. The van der Waals surface area contributed by atoms with E-state index in [1.54, 1.807) is 48.9 Å². The molecule has 3 aromatic carbocycles. The molecule has 6 heteroatoms. The molecule has 1 aliphatic heterocycles. The Bertz CT molecular complexity index is 1410. The predicted molar refractivity (Wildman–Crippen MR) is 128 cm³/mol. The van der Waals surface area contributed by atoms with Crippen molar-refractivity contribution in [1.29, 1.82) is 0 Å². The highest BCUT2D eigenvalue weighted by Crippen LogP contribution is 2.50. The van der Waals surface area contributed by atoms with Gasteiger partial charge in [0, 0.05) is 23.3 Å². The standard InChI is InChI=1S/C28H22O6/c29-19-4-2-17(3-5-19)27-25(6-1-16-9-20(30)13-21(31)10-16)24-7-8-34-15-26(24)28(27)18-11-22(32)14-23(33)12-18/h2-5,7-15,29-33H,1,6H2. The van der Waals surface area contributed by atoms with Crippen molar-refractivity contribution in [3.63, 3.8) is 0 Å². The van der Waals surface area contributed by atoms with E-state index in [-0.39, 0.29) is 28.7 Å². The minimum atomic E-state index is -0.0642. The molecule has 3 aromatic rings. The maximum atomic E-state index is 10.2. The number of rotatable bonds is 5. The first kappa shape index (κ1) is 21.3. The van der Waals surface area contributed by atoms with Gasteiger partial charge in [-0.3, -0.25) is 0 Å². The SMILES string of the molecule is Oc1ccc(-c2c(CCc3cc(O)cc(O)c3)c3ccocc-3c2-c2cc(O)cc(O)c2)cc1. The first-order chi connectivity index (χ1) is 16.4. The van der Waals surface area contributed by atoms with Gasteiger partial charge in [-0.2, -0.15) is 0 Å². The van der Waals surface area contributed by atoms with Crippen molar-refractivity contribution in [3.8, 4) is 62.1 Å². The summed E-state index contributed by atoms with van der Waals surface area (Å²) in [5.41, 5.74) is 6.66. The Morgan fingerprint density at radius 1 is 0.529 bits per heavy atom. The molecule has 1 heterocycles. The van der Waals surface area contributed by atoms with E-state index in [0.29, 0.717) is 18.4 Å². The van der Waals surface area contributed by atoms with Crippen molar-refractivity contribution in [2.45, 2.75) is 12.8 Å². The summed E-state index contributed by atoms with van der Waals surface area (Å²) < 4.78 is 5.50. The molecular formula is C28H22O6. The third-order valence-corrected chi connectivity index (χ3v) is 5.91. The summed E-state index contributed by atoms with van der Waals surface area (Å²) in [6.45, 7) is 0. The number of fused-ring (bicyclic) bond motifs is 1. The van der Waals surface area contributed by atoms with Gasteiger partial charge in [-0.15, -0.1) is 0 Å². The Morgan fingerprint density at radius 3 is 1.79 bits per heavy atom. The van der Waals surface area contributed by atoms with Crippen LogP contribution in [-0.4, -0.2) is 25.5 Å². The van der Waals surface area contributed by atoms with E-state index in [1.165, 1.54) is 12.1 Å². The van der Waals surface area contributed by atoms with Crippen LogP contribution in [0.3, 0.4) is 0 Å². The molecule has 6 nitrogen and oxygen atoms in total. The van der Waals surface area contributed by atoms with E-state index in [1.807, 2.05) is 18.2 Å². The van der Waals surface area contributed by atoms with Crippen LogP contribution in [0, 0.1) is 0 Å². The molecule has 0 spiro atoms. The van der Waals surface area contributed by atoms with Crippen LogP contribution in [0.1, 0.15) is 11.1 Å². The summed E-state index contributed by atoms with van der Waals surface area (Å²) in [5.74, 6) is 0.00576. The van der Waals surface area contributed by atoms with Crippen LogP contribution >= 0.6 is 0 Å². The second-order valence-electron chi connectivity index (χ2n) is 8.26. The summed E-state index contributed by atoms with van der Waals surface area (Å²) in [5, 5.41) is 50.0. The molecule has 0 amide bonds. The molecule has 0 atom stereocenters. The fourth-order valence-electron chi connectivity index (χ4n) is 4.56. The van der Waals surface area contributed by atoms with Crippen LogP contribution in [-0.2, 0) is 12.8 Å². The first-order valence-electron chi connectivity index (χ1n) is 10.7. The maximum Gasteiger partial charge on any atom is 0.119 e. The van der Waals surface area contributed by atoms with E-state index in [9.17, 15) is 25.5 Å². The minimum Gasteiger partial charge on any atom is -0.508 e. The number of phenolic OH excluding ortho intramolecular Hbond substituents is 5. The van der Waals surface area contributed by atoms with Crippen LogP contribution in [0.4, 0.5) is 0 Å². The fraction of sp³-hybridized carbons (Fsp3) is 0.0714. The van der Waals surface area contributed by atoms with Crippen molar-refractivity contribution in [1.82, 2.24) is 0 Å². The number of benzene rings is 3. The third-order valence-electron chi connectivity index (χ3n) is 5.91. The quantitative estimate of drug-likeness (QED) is 0.221. The Hall–Kier alpha value is -4.58. The van der Waals surface area contributed by atoms with Gasteiger partial charge in [-0.25, -0.2) is 0 Å². The summed E-state index contributed by atoms with van der Waals surface area (Å²) in [4.78, 5) is 0. The highest BCUT2D eigenvalue weighted by Gasteiger charge is 2.26. The van der Waals surface area contributed by atoms with Crippen LogP contribution in [0.25, 0.3) is 33.4 Å². The molecular weight excluding hydrogens is 432 g/mol. The molecule has 0 unspecified atom stereocenters. The largest absolute Gasteiger partial charge is 0.508 e. The summed E-state index contributed by atoms with van der Waals surface area (Å²) in [6.07, 6.45) is 4.35. The van der Waals surface area contributed by atoms with Gasteiger partial charge < -0.3 is 29.9 Å². The second-order valence-corrected chi connectivity index (χ2v) is 8.26. The Balaban J connectivity index is 1.74. The van der Waals surface area contributed by atoms with Crippen molar-refractivity contribution >= 4 is 0 Å². The van der Waals surface area contributed by atoms with Gasteiger partial charge in [0.1, 0.15) is 28.7 Å². The van der Waals surface area contributed by atoms with E-state index < -0.39 is 0 Å². The number of hydrogen-bond donors (Lipinski definition) is 5. The monoisotopic (exact) mass is 454 g/mol. The molecule has 0 aromatic heterocycles. The summed E-state index contributed by atoms with van der Waals surface area (Å²) in [7, 11) is 0. The lowest BCUT2D eigenvalue weighted by atomic mass is 9.93. The van der Waals surface area contributed by atoms with E-state index in [4.69, 9.17) is 4.42 Å². The second kappa shape index (κ2) is 8.41. The lowest BCUT2D eigenvalue weighted by Gasteiger charge is -2.11. The van der Waals surface area contributed by atoms with Crippen molar-refractivity contribution in [2.75, 3.05) is 0 Å². The van der Waals surface area contributed by atoms with Crippen LogP contribution < -0.4 is 0 Å². The number of hydrogen-bond acceptors (Lipinski definition) is 6.